The van der Waals surface area contributed by atoms with Crippen LogP contribution in [0, 0.1) is 6.92 Å². The fourth-order valence-corrected chi connectivity index (χ4v) is 3.59. The van der Waals surface area contributed by atoms with Crippen LogP contribution in [0.5, 0.6) is 11.5 Å². The van der Waals surface area contributed by atoms with Gasteiger partial charge in [0.1, 0.15) is 11.5 Å². The highest BCUT2D eigenvalue weighted by molar-refractivity contribution is 6.09. The van der Waals surface area contributed by atoms with Crippen molar-refractivity contribution in [3.05, 3.63) is 103 Å². The van der Waals surface area contributed by atoms with Crippen LogP contribution >= 0.6 is 0 Å². The van der Waals surface area contributed by atoms with E-state index in [1.165, 1.54) is 16.7 Å². The molecule has 0 N–H and O–H groups in total. The molecule has 2 heteroatoms. The van der Waals surface area contributed by atoms with Gasteiger partial charge in [-0.25, -0.2) is 4.98 Å². The Morgan fingerprint density at radius 1 is 0.607 bits per heavy atom. The number of benzene rings is 4. The second kappa shape index (κ2) is 6.82. The van der Waals surface area contributed by atoms with Gasteiger partial charge in [-0.1, -0.05) is 66.2 Å². The average Bonchev–Trinajstić information content (AvgIpc) is 2.74. The number of pyridine rings is 1. The zero-order valence-electron chi connectivity index (χ0n) is 15.6. The Morgan fingerprint density at radius 3 is 2.11 bits per heavy atom. The van der Waals surface area contributed by atoms with Gasteiger partial charge in [-0.2, -0.15) is 0 Å². The van der Waals surface area contributed by atoms with Crippen molar-refractivity contribution in [3.8, 4) is 22.6 Å². The Kier molecular flexibility index (Phi) is 4.02. The number of hydrogen-bond donors (Lipinski definition) is 0. The Labute approximate surface area is 164 Å². The van der Waals surface area contributed by atoms with Gasteiger partial charge in [0, 0.05) is 16.3 Å². The highest BCUT2D eigenvalue weighted by atomic mass is 16.5. The van der Waals surface area contributed by atoms with Gasteiger partial charge < -0.3 is 4.74 Å². The van der Waals surface area contributed by atoms with E-state index in [4.69, 9.17) is 9.72 Å². The molecule has 0 aliphatic rings. The summed E-state index contributed by atoms with van der Waals surface area (Å²) in [6.07, 6.45) is 0. The molecule has 0 saturated carbocycles. The van der Waals surface area contributed by atoms with E-state index in [0.29, 0.717) is 0 Å². The quantitative estimate of drug-likeness (QED) is 0.318. The SMILES string of the molecule is Cc1ccc(Oc2ccc3nc4ccccc4c(-c4ccccc4)c3c2)cc1. The first-order valence-corrected chi connectivity index (χ1v) is 9.40. The van der Waals surface area contributed by atoms with E-state index in [9.17, 15) is 0 Å². The highest BCUT2D eigenvalue weighted by Crippen LogP contribution is 2.37. The first kappa shape index (κ1) is 16.5. The van der Waals surface area contributed by atoms with Crippen molar-refractivity contribution in [3.63, 3.8) is 0 Å². The van der Waals surface area contributed by atoms with Crippen LogP contribution in [0.1, 0.15) is 5.56 Å². The zero-order valence-corrected chi connectivity index (χ0v) is 15.6. The predicted molar refractivity (Wildman–Crippen MR) is 116 cm³/mol. The summed E-state index contributed by atoms with van der Waals surface area (Å²) >= 11 is 0. The molecule has 0 aliphatic carbocycles. The molecular formula is C26H19NO. The van der Waals surface area contributed by atoms with E-state index in [2.05, 4.69) is 67.6 Å². The lowest BCUT2D eigenvalue weighted by atomic mass is 9.96. The molecule has 0 radical (unpaired) electrons. The molecule has 1 aromatic heterocycles. The third-order valence-electron chi connectivity index (χ3n) is 4.97. The van der Waals surface area contributed by atoms with Gasteiger partial charge in [-0.3, -0.25) is 0 Å². The number of aromatic nitrogens is 1. The molecule has 0 unspecified atom stereocenters. The van der Waals surface area contributed by atoms with Crippen LogP contribution in [0.3, 0.4) is 0 Å². The molecule has 0 bridgehead atoms. The minimum atomic E-state index is 0.811. The van der Waals surface area contributed by atoms with Crippen molar-refractivity contribution in [1.82, 2.24) is 4.98 Å². The van der Waals surface area contributed by atoms with E-state index in [0.717, 1.165) is 33.3 Å². The molecule has 5 aromatic rings. The molecule has 0 saturated heterocycles. The summed E-state index contributed by atoms with van der Waals surface area (Å²) < 4.78 is 6.12. The highest BCUT2D eigenvalue weighted by Gasteiger charge is 2.12. The van der Waals surface area contributed by atoms with Gasteiger partial charge in [-0.15, -0.1) is 0 Å². The monoisotopic (exact) mass is 361 g/mol. The molecule has 0 fully saturated rings. The van der Waals surface area contributed by atoms with E-state index >= 15 is 0 Å². The lowest BCUT2D eigenvalue weighted by Gasteiger charge is -2.13. The largest absolute Gasteiger partial charge is 0.457 e. The summed E-state index contributed by atoms with van der Waals surface area (Å²) in [5, 5.41) is 2.24. The van der Waals surface area contributed by atoms with Crippen LogP contribution < -0.4 is 4.74 Å². The first-order chi connectivity index (χ1) is 13.8. The number of hydrogen-bond acceptors (Lipinski definition) is 2. The number of ether oxygens (including phenoxy) is 1. The molecule has 0 aliphatic heterocycles. The Hall–Kier alpha value is -3.65. The van der Waals surface area contributed by atoms with Gasteiger partial charge in [0.2, 0.25) is 0 Å². The fraction of sp³-hybridized carbons (Fsp3) is 0.0385. The van der Waals surface area contributed by atoms with Gasteiger partial charge in [0.25, 0.3) is 0 Å². The van der Waals surface area contributed by atoms with Crippen LogP contribution in [-0.2, 0) is 0 Å². The fourth-order valence-electron chi connectivity index (χ4n) is 3.59. The number of para-hydroxylation sites is 1. The Bertz CT molecular complexity index is 1270. The molecular weight excluding hydrogens is 342 g/mol. The van der Waals surface area contributed by atoms with Crippen molar-refractivity contribution in [2.75, 3.05) is 0 Å². The maximum atomic E-state index is 6.12. The molecule has 1 heterocycles. The number of rotatable bonds is 3. The van der Waals surface area contributed by atoms with E-state index in [1.54, 1.807) is 0 Å². The van der Waals surface area contributed by atoms with Crippen LogP contribution in [-0.4, -0.2) is 4.98 Å². The van der Waals surface area contributed by atoms with Crippen molar-refractivity contribution < 1.29 is 4.74 Å². The summed E-state index contributed by atoms with van der Waals surface area (Å²) in [4.78, 5) is 4.87. The number of fused-ring (bicyclic) bond motifs is 2. The van der Waals surface area contributed by atoms with Crippen LogP contribution in [0.4, 0.5) is 0 Å². The number of aryl methyl sites for hydroxylation is 1. The number of nitrogens with zero attached hydrogens (tertiary/aromatic N) is 1. The summed E-state index contributed by atoms with van der Waals surface area (Å²) in [5.74, 6) is 1.64. The maximum Gasteiger partial charge on any atom is 0.128 e. The van der Waals surface area contributed by atoms with Crippen LogP contribution in [0.2, 0.25) is 0 Å². The minimum absolute atomic E-state index is 0.811. The average molecular weight is 361 g/mol. The van der Waals surface area contributed by atoms with Gasteiger partial charge in [0.05, 0.1) is 11.0 Å². The minimum Gasteiger partial charge on any atom is -0.457 e. The normalized spacial score (nSPS) is 11.0. The first-order valence-electron chi connectivity index (χ1n) is 9.40. The standard InChI is InChI=1S/C26H19NO/c1-18-11-13-20(14-12-18)28-21-15-16-25-23(17-21)26(19-7-3-2-4-8-19)22-9-5-6-10-24(22)27-25/h2-17H,1H3. The molecule has 2 nitrogen and oxygen atoms in total. The molecule has 0 atom stereocenters. The smallest absolute Gasteiger partial charge is 0.128 e. The van der Waals surface area contributed by atoms with Crippen molar-refractivity contribution in [2.45, 2.75) is 6.92 Å². The lowest BCUT2D eigenvalue weighted by Crippen LogP contribution is -1.91. The third kappa shape index (κ3) is 2.99. The van der Waals surface area contributed by atoms with Gasteiger partial charge in [0.15, 0.2) is 0 Å². The Morgan fingerprint density at radius 2 is 1.29 bits per heavy atom. The molecule has 5 rings (SSSR count). The Balaban J connectivity index is 1.73. The van der Waals surface area contributed by atoms with Crippen molar-refractivity contribution in [1.29, 1.82) is 0 Å². The third-order valence-corrected chi connectivity index (χ3v) is 4.97. The molecule has 0 spiro atoms. The maximum absolute atomic E-state index is 6.12. The zero-order chi connectivity index (χ0) is 18.9. The second-order valence-electron chi connectivity index (χ2n) is 6.96. The van der Waals surface area contributed by atoms with Crippen LogP contribution in [0.15, 0.2) is 97.1 Å². The van der Waals surface area contributed by atoms with E-state index in [-0.39, 0.29) is 0 Å². The van der Waals surface area contributed by atoms with Crippen molar-refractivity contribution >= 4 is 21.8 Å². The summed E-state index contributed by atoms with van der Waals surface area (Å²) in [6, 6.07) is 33.0. The second-order valence-corrected chi connectivity index (χ2v) is 6.96. The molecule has 28 heavy (non-hydrogen) atoms. The molecule has 134 valence electrons. The summed E-state index contributed by atoms with van der Waals surface area (Å²) in [5.41, 5.74) is 5.55. The van der Waals surface area contributed by atoms with Gasteiger partial charge in [-0.05, 0) is 48.9 Å². The molecule has 0 amide bonds. The van der Waals surface area contributed by atoms with Crippen LogP contribution in [0.25, 0.3) is 32.9 Å². The van der Waals surface area contributed by atoms with E-state index in [1.807, 2.05) is 36.4 Å². The lowest BCUT2D eigenvalue weighted by molar-refractivity contribution is 0.483. The van der Waals surface area contributed by atoms with E-state index < -0.39 is 0 Å². The summed E-state index contributed by atoms with van der Waals surface area (Å²) in [6.45, 7) is 2.07. The van der Waals surface area contributed by atoms with Crippen molar-refractivity contribution in [2.24, 2.45) is 0 Å². The molecule has 4 aromatic carbocycles. The topological polar surface area (TPSA) is 22.1 Å². The van der Waals surface area contributed by atoms with Gasteiger partial charge >= 0.3 is 0 Å². The predicted octanol–water partition coefficient (Wildman–Crippen LogP) is 7.16. The summed E-state index contributed by atoms with van der Waals surface area (Å²) in [7, 11) is 0.